The van der Waals surface area contributed by atoms with Crippen molar-refractivity contribution in [2.75, 3.05) is 0 Å². The Kier molecular flexibility index (Phi) is 4.82. The Labute approximate surface area is 82.5 Å². The molecule has 0 aliphatic heterocycles. The molecule has 0 aliphatic carbocycles. The summed E-state index contributed by atoms with van der Waals surface area (Å²) >= 11 is 0. The highest BCUT2D eigenvalue weighted by molar-refractivity contribution is 5.16. The number of hydrogen-bond donors (Lipinski definition) is 0. The maximum Gasteiger partial charge on any atom is 0.115 e. The van der Waals surface area contributed by atoms with Crippen LogP contribution in [0.2, 0.25) is 0 Å². The zero-order valence-corrected chi connectivity index (χ0v) is 9.44. The molecule has 1 nitrogen and oxygen atoms in total. The van der Waals surface area contributed by atoms with Crippen LogP contribution in [-0.2, 0) is 4.74 Å². The second kappa shape index (κ2) is 5.11. The van der Waals surface area contributed by atoms with Crippen LogP contribution in [0.15, 0.2) is 24.5 Å². The fraction of sp³-hybridized carbons (Fsp3) is 0.667. The smallest absolute Gasteiger partial charge is 0.115 e. The zero-order valence-electron chi connectivity index (χ0n) is 9.44. The summed E-state index contributed by atoms with van der Waals surface area (Å²) in [6, 6.07) is 0. The highest BCUT2D eigenvalue weighted by atomic mass is 16.5. The third-order valence-electron chi connectivity index (χ3n) is 2.37. The minimum Gasteiger partial charge on any atom is -0.488 e. The largest absolute Gasteiger partial charge is 0.488 e. The first-order chi connectivity index (χ1) is 5.95. The Bertz CT molecular complexity index is 193. The molecule has 1 atom stereocenters. The number of ether oxygens (including phenoxy) is 1. The molecule has 0 spiro atoms. The molecule has 0 bridgehead atoms. The second-order valence-corrected chi connectivity index (χ2v) is 3.86. The maximum atomic E-state index is 5.79. The highest BCUT2D eigenvalue weighted by Gasteiger charge is 2.23. The standard InChI is InChI=1S/C12H22O/c1-7-9-12(6,8-2)13-11(5)10(3)4/h3,5,7-9H2,1-2,4,6H3. The molecule has 0 aliphatic rings. The van der Waals surface area contributed by atoms with Crippen LogP contribution in [0.4, 0.5) is 0 Å². The van der Waals surface area contributed by atoms with Gasteiger partial charge in [-0.3, -0.25) is 0 Å². The Morgan fingerprint density at radius 1 is 1.31 bits per heavy atom. The minimum absolute atomic E-state index is 0.0647. The summed E-state index contributed by atoms with van der Waals surface area (Å²) in [5.74, 6) is 0.720. The molecule has 0 heterocycles. The Balaban J connectivity index is 4.26. The Morgan fingerprint density at radius 3 is 2.15 bits per heavy atom. The van der Waals surface area contributed by atoms with Gasteiger partial charge in [0, 0.05) is 0 Å². The van der Waals surface area contributed by atoms with Crippen molar-refractivity contribution in [3.63, 3.8) is 0 Å². The number of allylic oxidation sites excluding steroid dienone is 1. The van der Waals surface area contributed by atoms with Gasteiger partial charge in [0.15, 0.2) is 0 Å². The molecule has 0 aromatic carbocycles. The van der Waals surface area contributed by atoms with E-state index in [1.807, 2.05) is 6.92 Å². The molecule has 0 rings (SSSR count). The van der Waals surface area contributed by atoms with Crippen molar-refractivity contribution in [2.45, 2.75) is 52.6 Å². The molecule has 0 aromatic rings. The average Bonchev–Trinajstić information content (AvgIpc) is 2.04. The van der Waals surface area contributed by atoms with E-state index >= 15 is 0 Å². The fourth-order valence-corrected chi connectivity index (χ4v) is 1.21. The van der Waals surface area contributed by atoms with E-state index in [0.29, 0.717) is 0 Å². The monoisotopic (exact) mass is 182 g/mol. The molecule has 1 unspecified atom stereocenters. The molecule has 0 amide bonds. The zero-order chi connectivity index (χ0) is 10.5. The Hall–Kier alpha value is -0.720. The lowest BCUT2D eigenvalue weighted by atomic mass is 9.97. The van der Waals surface area contributed by atoms with Gasteiger partial charge in [-0.2, -0.15) is 0 Å². The lowest BCUT2D eigenvalue weighted by Crippen LogP contribution is -2.27. The van der Waals surface area contributed by atoms with Crippen molar-refractivity contribution >= 4 is 0 Å². The van der Waals surface area contributed by atoms with Crippen LogP contribution < -0.4 is 0 Å². The summed E-state index contributed by atoms with van der Waals surface area (Å²) in [5, 5.41) is 0. The Morgan fingerprint density at radius 2 is 1.85 bits per heavy atom. The van der Waals surface area contributed by atoms with Gasteiger partial charge in [-0.25, -0.2) is 0 Å². The van der Waals surface area contributed by atoms with Gasteiger partial charge in [0.25, 0.3) is 0 Å². The molecule has 0 radical (unpaired) electrons. The van der Waals surface area contributed by atoms with E-state index in [4.69, 9.17) is 4.74 Å². The number of hydrogen-bond acceptors (Lipinski definition) is 1. The summed E-state index contributed by atoms with van der Waals surface area (Å²) < 4.78 is 5.79. The predicted octanol–water partition coefficient (Wildman–Crippen LogP) is 4.06. The van der Waals surface area contributed by atoms with E-state index in [2.05, 4.69) is 33.9 Å². The van der Waals surface area contributed by atoms with Crippen LogP contribution in [0.1, 0.15) is 47.0 Å². The van der Waals surface area contributed by atoms with Crippen molar-refractivity contribution < 1.29 is 4.74 Å². The first-order valence-corrected chi connectivity index (χ1v) is 4.99. The second-order valence-electron chi connectivity index (χ2n) is 3.86. The first kappa shape index (κ1) is 12.3. The van der Waals surface area contributed by atoms with Gasteiger partial charge in [0.2, 0.25) is 0 Å². The van der Waals surface area contributed by atoms with Crippen LogP contribution in [0.3, 0.4) is 0 Å². The summed E-state index contributed by atoms with van der Waals surface area (Å²) in [6.07, 6.45) is 3.21. The van der Waals surface area contributed by atoms with E-state index in [1.54, 1.807) is 0 Å². The van der Waals surface area contributed by atoms with Gasteiger partial charge in [0.1, 0.15) is 11.4 Å². The van der Waals surface area contributed by atoms with E-state index in [9.17, 15) is 0 Å². The van der Waals surface area contributed by atoms with Crippen LogP contribution in [0, 0.1) is 0 Å². The highest BCUT2D eigenvalue weighted by Crippen LogP contribution is 2.26. The molecular weight excluding hydrogens is 160 g/mol. The molecule has 13 heavy (non-hydrogen) atoms. The molecule has 1 heteroatoms. The molecule has 0 aromatic heterocycles. The SMILES string of the molecule is C=C(C)C(=C)OC(C)(CC)CCC. The minimum atomic E-state index is -0.0647. The summed E-state index contributed by atoms with van der Waals surface area (Å²) in [5.41, 5.74) is 0.848. The summed E-state index contributed by atoms with van der Waals surface area (Å²) in [6.45, 7) is 16.0. The van der Waals surface area contributed by atoms with Crippen LogP contribution >= 0.6 is 0 Å². The topological polar surface area (TPSA) is 9.23 Å². The van der Waals surface area contributed by atoms with Crippen molar-refractivity contribution in [3.05, 3.63) is 24.5 Å². The summed E-state index contributed by atoms with van der Waals surface area (Å²) in [7, 11) is 0. The van der Waals surface area contributed by atoms with Crippen LogP contribution in [0.25, 0.3) is 0 Å². The lowest BCUT2D eigenvalue weighted by molar-refractivity contribution is 0.0117. The lowest BCUT2D eigenvalue weighted by Gasteiger charge is -2.30. The average molecular weight is 182 g/mol. The molecule has 0 fully saturated rings. The fourth-order valence-electron chi connectivity index (χ4n) is 1.21. The maximum absolute atomic E-state index is 5.79. The summed E-state index contributed by atoms with van der Waals surface area (Å²) in [4.78, 5) is 0. The molecule has 76 valence electrons. The molecule has 0 saturated heterocycles. The molecular formula is C12H22O. The van der Waals surface area contributed by atoms with Gasteiger partial charge in [-0.1, -0.05) is 33.4 Å². The first-order valence-electron chi connectivity index (χ1n) is 4.99. The van der Waals surface area contributed by atoms with E-state index in [1.165, 1.54) is 0 Å². The third-order valence-corrected chi connectivity index (χ3v) is 2.37. The van der Waals surface area contributed by atoms with Gasteiger partial charge in [0.05, 0.1) is 0 Å². The van der Waals surface area contributed by atoms with Gasteiger partial charge in [-0.15, -0.1) is 0 Å². The van der Waals surface area contributed by atoms with Crippen molar-refractivity contribution in [1.82, 2.24) is 0 Å². The van der Waals surface area contributed by atoms with Crippen LogP contribution in [0.5, 0.6) is 0 Å². The van der Waals surface area contributed by atoms with Gasteiger partial charge < -0.3 is 4.74 Å². The third kappa shape index (κ3) is 4.16. The van der Waals surface area contributed by atoms with Crippen LogP contribution in [-0.4, -0.2) is 5.60 Å². The molecule has 0 N–H and O–H groups in total. The quantitative estimate of drug-likeness (QED) is 0.444. The van der Waals surface area contributed by atoms with E-state index in [-0.39, 0.29) is 5.60 Å². The van der Waals surface area contributed by atoms with Gasteiger partial charge in [-0.05, 0) is 32.3 Å². The van der Waals surface area contributed by atoms with Crippen molar-refractivity contribution in [2.24, 2.45) is 0 Å². The van der Waals surface area contributed by atoms with Crippen molar-refractivity contribution in [1.29, 1.82) is 0 Å². The van der Waals surface area contributed by atoms with E-state index in [0.717, 1.165) is 30.6 Å². The normalized spacial score (nSPS) is 14.8. The number of rotatable bonds is 6. The van der Waals surface area contributed by atoms with Crippen molar-refractivity contribution in [3.8, 4) is 0 Å². The van der Waals surface area contributed by atoms with E-state index < -0.39 is 0 Å². The van der Waals surface area contributed by atoms with Gasteiger partial charge >= 0.3 is 0 Å². The molecule has 0 saturated carbocycles. The predicted molar refractivity (Wildman–Crippen MR) is 58.6 cm³/mol.